The lowest BCUT2D eigenvalue weighted by Crippen LogP contribution is -2.01. The first-order chi connectivity index (χ1) is 5.74. The topological polar surface area (TPSA) is 37.3 Å². The molecule has 0 amide bonds. The van der Waals surface area contributed by atoms with E-state index < -0.39 is 5.97 Å². The van der Waals surface area contributed by atoms with Crippen molar-refractivity contribution < 1.29 is 9.90 Å². The lowest BCUT2D eigenvalue weighted by Gasteiger charge is -1.99. The average Bonchev–Trinajstić information content (AvgIpc) is 2.80. The van der Waals surface area contributed by atoms with Crippen LogP contribution in [0.1, 0.15) is 39.0 Å². The summed E-state index contributed by atoms with van der Waals surface area (Å²) < 4.78 is 0. The molecule has 1 saturated carbocycles. The van der Waals surface area contributed by atoms with Gasteiger partial charge in [-0.25, -0.2) is 4.79 Å². The van der Waals surface area contributed by atoms with Crippen molar-refractivity contribution in [3.63, 3.8) is 0 Å². The quantitative estimate of drug-likeness (QED) is 0.641. The highest BCUT2D eigenvalue weighted by Crippen LogP contribution is 2.35. The van der Waals surface area contributed by atoms with Crippen molar-refractivity contribution in [1.29, 1.82) is 0 Å². The van der Waals surface area contributed by atoms with E-state index in [1.165, 1.54) is 12.8 Å². The summed E-state index contributed by atoms with van der Waals surface area (Å²) in [7, 11) is 0. The molecule has 12 heavy (non-hydrogen) atoms. The molecule has 0 aliphatic heterocycles. The number of hydrogen-bond donors (Lipinski definition) is 1. The fraction of sp³-hybridized carbons (Fsp3) is 0.700. The standard InChI is InChI=1S/C10H16O2/c1-2-3-4-9(10(11)12)7-8-5-6-8/h4,8H,2-3,5-7H2,1H3,(H,11,12). The van der Waals surface area contributed by atoms with Gasteiger partial charge >= 0.3 is 5.97 Å². The molecule has 0 aromatic carbocycles. The van der Waals surface area contributed by atoms with Gasteiger partial charge in [0.25, 0.3) is 0 Å². The van der Waals surface area contributed by atoms with Crippen molar-refractivity contribution in [3.05, 3.63) is 11.6 Å². The molecule has 0 spiro atoms. The maximum Gasteiger partial charge on any atom is 0.331 e. The van der Waals surface area contributed by atoms with E-state index >= 15 is 0 Å². The second-order valence-corrected chi connectivity index (χ2v) is 3.47. The number of hydrogen-bond acceptors (Lipinski definition) is 1. The zero-order valence-electron chi connectivity index (χ0n) is 7.55. The Kier molecular flexibility index (Phi) is 3.32. The van der Waals surface area contributed by atoms with E-state index in [1.807, 2.05) is 6.08 Å². The Morgan fingerprint density at radius 2 is 2.25 bits per heavy atom. The molecule has 0 heterocycles. The van der Waals surface area contributed by atoms with E-state index in [4.69, 9.17) is 5.11 Å². The maximum atomic E-state index is 10.7. The Morgan fingerprint density at radius 3 is 2.67 bits per heavy atom. The van der Waals surface area contributed by atoms with Crippen LogP contribution < -0.4 is 0 Å². The molecule has 0 atom stereocenters. The van der Waals surface area contributed by atoms with Gasteiger partial charge in [-0.2, -0.15) is 0 Å². The predicted octanol–water partition coefficient (Wildman–Crippen LogP) is 2.60. The number of carboxylic acid groups (broad SMARTS) is 1. The summed E-state index contributed by atoms with van der Waals surface area (Å²) in [6.07, 6.45) is 7.03. The van der Waals surface area contributed by atoms with Crippen molar-refractivity contribution in [3.8, 4) is 0 Å². The number of carbonyl (C=O) groups is 1. The third kappa shape index (κ3) is 3.07. The number of rotatable bonds is 5. The highest BCUT2D eigenvalue weighted by molar-refractivity contribution is 5.86. The zero-order valence-corrected chi connectivity index (χ0v) is 7.55. The van der Waals surface area contributed by atoms with E-state index in [9.17, 15) is 4.79 Å². The van der Waals surface area contributed by atoms with Crippen LogP contribution in [0.25, 0.3) is 0 Å². The number of allylic oxidation sites excluding steroid dienone is 1. The molecular formula is C10H16O2. The third-order valence-electron chi connectivity index (χ3n) is 2.16. The van der Waals surface area contributed by atoms with E-state index in [-0.39, 0.29) is 0 Å². The average molecular weight is 168 g/mol. The fourth-order valence-electron chi connectivity index (χ4n) is 1.21. The maximum absolute atomic E-state index is 10.7. The van der Waals surface area contributed by atoms with E-state index in [0.717, 1.165) is 19.3 Å². The van der Waals surface area contributed by atoms with Gasteiger partial charge in [0.05, 0.1) is 0 Å². The number of carboxylic acids is 1. The highest BCUT2D eigenvalue weighted by Gasteiger charge is 2.24. The molecule has 1 fully saturated rings. The second kappa shape index (κ2) is 4.29. The molecule has 0 radical (unpaired) electrons. The summed E-state index contributed by atoms with van der Waals surface area (Å²) in [5, 5.41) is 8.81. The van der Waals surface area contributed by atoms with Gasteiger partial charge in [0.2, 0.25) is 0 Å². The van der Waals surface area contributed by atoms with Crippen molar-refractivity contribution in [1.82, 2.24) is 0 Å². The Labute approximate surface area is 73.3 Å². The van der Waals surface area contributed by atoms with Crippen LogP contribution in [0.15, 0.2) is 11.6 Å². The van der Waals surface area contributed by atoms with E-state index in [1.54, 1.807) is 0 Å². The number of unbranched alkanes of at least 4 members (excludes halogenated alkanes) is 1. The van der Waals surface area contributed by atoms with Gasteiger partial charge in [0.15, 0.2) is 0 Å². The van der Waals surface area contributed by atoms with Crippen LogP contribution >= 0.6 is 0 Å². The summed E-state index contributed by atoms with van der Waals surface area (Å²) in [5.41, 5.74) is 0.624. The normalized spacial score (nSPS) is 17.9. The minimum Gasteiger partial charge on any atom is -0.478 e. The molecule has 2 heteroatoms. The van der Waals surface area contributed by atoms with Crippen LogP contribution in [0.2, 0.25) is 0 Å². The third-order valence-corrected chi connectivity index (χ3v) is 2.16. The van der Waals surface area contributed by atoms with Crippen LogP contribution in [0.5, 0.6) is 0 Å². The van der Waals surface area contributed by atoms with Gasteiger partial charge in [0.1, 0.15) is 0 Å². The first kappa shape index (κ1) is 9.30. The van der Waals surface area contributed by atoms with Crippen molar-refractivity contribution >= 4 is 5.97 Å². The van der Waals surface area contributed by atoms with Crippen LogP contribution in [-0.2, 0) is 4.79 Å². The summed E-state index contributed by atoms with van der Waals surface area (Å²) in [6, 6.07) is 0. The molecule has 68 valence electrons. The molecule has 0 aromatic rings. The van der Waals surface area contributed by atoms with Gasteiger partial charge in [-0.1, -0.05) is 19.4 Å². The van der Waals surface area contributed by atoms with Crippen molar-refractivity contribution in [2.24, 2.45) is 5.92 Å². The monoisotopic (exact) mass is 168 g/mol. The summed E-state index contributed by atoms with van der Waals surface area (Å²) in [4.78, 5) is 10.7. The largest absolute Gasteiger partial charge is 0.478 e. The van der Waals surface area contributed by atoms with Crippen LogP contribution in [0.3, 0.4) is 0 Å². The Hall–Kier alpha value is -0.790. The molecule has 1 N–H and O–H groups in total. The Morgan fingerprint density at radius 1 is 1.58 bits per heavy atom. The minimum absolute atomic E-state index is 0.624. The number of aliphatic carboxylic acids is 1. The Bertz CT molecular complexity index is 190. The van der Waals surface area contributed by atoms with Gasteiger partial charge in [0, 0.05) is 5.57 Å². The lowest BCUT2D eigenvalue weighted by molar-refractivity contribution is -0.132. The summed E-state index contributed by atoms with van der Waals surface area (Å²) >= 11 is 0. The molecule has 0 aromatic heterocycles. The molecule has 1 aliphatic carbocycles. The van der Waals surface area contributed by atoms with Crippen LogP contribution in [0.4, 0.5) is 0 Å². The molecular weight excluding hydrogens is 152 g/mol. The first-order valence-corrected chi connectivity index (χ1v) is 4.66. The highest BCUT2D eigenvalue weighted by atomic mass is 16.4. The van der Waals surface area contributed by atoms with Crippen LogP contribution in [0, 0.1) is 5.92 Å². The Balaban J connectivity index is 2.40. The zero-order chi connectivity index (χ0) is 8.97. The van der Waals surface area contributed by atoms with Crippen molar-refractivity contribution in [2.75, 3.05) is 0 Å². The molecule has 1 rings (SSSR count). The van der Waals surface area contributed by atoms with Crippen LogP contribution in [-0.4, -0.2) is 11.1 Å². The van der Waals surface area contributed by atoms with Gasteiger partial charge in [-0.05, 0) is 31.6 Å². The lowest BCUT2D eigenvalue weighted by atomic mass is 10.1. The van der Waals surface area contributed by atoms with Gasteiger partial charge in [-0.15, -0.1) is 0 Å². The molecule has 1 aliphatic rings. The van der Waals surface area contributed by atoms with Gasteiger partial charge in [-0.3, -0.25) is 0 Å². The van der Waals surface area contributed by atoms with E-state index in [2.05, 4.69) is 6.92 Å². The molecule has 0 unspecified atom stereocenters. The van der Waals surface area contributed by atoms with E-state index in [0.29, 0.717) is 11.5 Å². The smallest absolute Gasteiger partial charge is 0.331 e. The summed E-state index contributed by atoms with van der Waals surface area (Å²) in [6.45, 7) is 2.06. The second-order valence-electron chi connectivity index (χ2n) is 3.47. The SMILES string of the molecule is CCCC=C(CC1CC1)C(=O)O. The minimum atomic E-state index is -0.727. The van der Waals surface area contributed by atoms with Crippen molar-refractivity contribution in [2.45, 2.75) is 39.0 Å². The summed E-state index contributed by atoms with van der Waals surface area (Å²) in [5.74, 6) is -0.0560. The molecule has 0 bridgehead atoms. The fourth-order valence-corrected chi connectivity index (χ4v) is 1.21. The molecule has 2 nitrogen and oxygen atoms in total. The van der Waals surface area contributed by atoms with Gasteiger partial charge < -0.3 is 5.11 Å². The predicted molar refractivity (Wildman–Crippen MR) is 48.0 cm³/mol. The molecule has 0 saturated heterocycles. The first-order valence-electron chi connectivity index (χ1n) is 4.66.